The molecule has 0 saturated carbocycles. The molecule has 0 aliphatic rings. The van der Waals surface area contributed by atoms with Crippen LogP contribution in [0.15, 0.2) is 48.9 Å². The number of hydrogen-bond donors (Lipinski definition) is 0. The molecule has 33 heavy (non-hydrogen) atoms. The van der Waals surface area contributed by atoms with Crippen LogP contribution in [0.4, 0.5) is 0 Å². The van der Waals surface area contributed by atoms with E-state index in [0.717, 1.165) is 11.1 Å². The lowest BCUT2D eigenvalue weighted by Crippen LogP contribution is -2.19. The van der Waals surface area contributed by atoms with Gasteiger partial charge in [-0.15, -0.1) is 11.6 Å². The Bertz CT molecular complexity index is 1080. The first-order chi connectivity index (χ1) is 15.7. The summed E-state index contributed by atoms with van der Waals surface area (Å²) < 4.78 is 34.5. The molecule has 1 atom stereocenters. The summed E-state index contributed by atoms with van der Waals surface area (Å²) >= 11 is 16.4. The number of nitrogens with zero attached hydrogens (tertiary/aromatic N) is 2. The number of hydrogen-bond acceptors (Lipinski definition) is 5. The first kappa shape index (κ1) is 25.8. The molecule has 10 heteroatoms. The fourth-order valence-electron chi connectivity index (χ4n) is 3.25. The Morgan fingerprint density at radius 3 is 2.36 bits per heavy atom. The monoisotopic (exact) mass is 529 g/mol. The van der Waals surface area contributed by atoms with E-state index in [1.165, 1.54) is 10.9 Å². The maximum atomic E-state index is 10.8. The highest BCUT2D eigenvalue weighted by atomic mass is 35.5. The summed E-state index contributed by atoms with van der Waals surface area (Å²) in [5.41, 5.74) is 2.28. The molecule has 0 aliphatic heterocycles. The molecule has 1 heterocycles. The smallest absolute Gasteiger partial charge is 0.156 e. The van der Waals surface area contributed by atoms with Crippen LogP contribution in [0.5, 0.6) is 11.5 Å². The van der Waals surface area contributed by atoms with Crippen molar-refractivity contribution in [3.05, 3.63) is 75.8 Å². The molecule has 0 N–H and O–H groups in total. The van der Waals surface area contributed by atoms with E-state index in [-0.39, 0.29) is 17.9 Å². The molecule has 3 aromatic rings. The van der Waals surface area contributed by atoms with Crippen molar-refractivity contribution in [3.63, 3.8) is 0 Å². The highest BCUT2D eigenvalue weighted by molar-refractivity contribution is 7.78. The summed E-state index contributed by atoms with van der Waals surface area (Å²) in [4.78, 5) is 4.15. The molecule has 0 radical (unpaired) electrons. The largest absolute Gasteiger partial charge is 0.771 e. The minimum Gasteiger partial charge on any atom is -0.771 e. The summed E-state index contributed by atoms with van der Waals surface area (Å²) in [6.45, 7) is 4.86. The molecule has 0 amide bonds. The van der Waals surface area contributed by atoms with Gasteiger partial charge in [0.1, 0.15) is 12.4 Å². The first-order valence-electron chi connectivity index (χ1n) is 10.2. The van der Waals surface area contributed by atoms with Gasteiger partial charge >= 0.3 is 0 Å². The zero-order valence-corrected chi connectivity index (χ0v) is 21.3. The fraction of sp³-hybridized carbons (Fsp3) is 0.348. The Labute approximate surface area is 211 Å². The van der Waals surface area contributed by atoms with Crippen molar-refractivity contribution in [2.45, 2.75) is 38.2 Å². The number of halogens is 3. The van der Waals surface area contributed by atoms with Gasteiger partial charge in [0.05, 0.1) is 34.6 Å². The highest BCUT2D eigenvalue weighted by Crippen LogP contribution is 2.40. The van der Waals surface area contributed by atoms with E-state index < -0.39 is 11.1 Å². The second-order valence-electron chi connectivity index (χ2n) is 7.91. The van der Waals surface area contributed by atoms with E-state index in [1.54, 1.807) is 6.20 Å². The number of alkyl halides is 1. The maximum absolute atomic E-state index is 10.8. The molecule has 1 aromatic heterocycles. The van der Waals surface area contributed by atoms with Crippen LogP contribution in [0.2, 0.25) is 10.0 Å². The van der Waals surface area contributed by atoms with Crippen molar-refractivity contribution < 1.29 is 18.2 Å². The van der Waals surface area contributed by atoms with Crippen LogP contribution in [-0.4, -0.2) is 30.8 Å². The average molecular weight is 531 g/mol. The minimum absolute atomic E-state index is 0.134. The third kappa shape index (κ3) is 6.87. The predicted octanol–water partition coefficient (Wildman–Crippen LogP) is 5.94. The normalized spacial score (nSPS) is 12.5. The molecule has 0 saturated heterocycles. The average Bonchev–Trinajstić information content (AvgIpc) is 3.21. The second-order valence-corrected chi connectivity index (χ2v) is 9.97. The Morgan fingerprint density at radius 2 is 1.76 bits per heavy atom. The van der Waals surface area contributed by atoms with E-state index in [1.807, 2.05) is 36.4 Å². The Hall–Kier alpha value is -1.77. The van der Waals surface area contributed by atoms with Gasteiger partial charge in [0.15, 0.2) is 5.75 Å². The third-order valence-corrected chi connectivity index (χ3v) is 6.49. The Kier molecular flexibility index (Phi) is 9.07. The van der Waals surface area contributed by atoms with Gasteiger partial charge < -0.3 is 18.6 Å². The third-order valence-electron chi connectivity index (χ3n) is 5.15. The molecule has 0 aliphatic carbocycles. The van der Waals surface area contributed by atoms with Crippen LogP contribution in [0.25, 0.3) is 0 Å². The van der Waals surface area contributed by atoms with Gasteiger partial charge in [0.25, 0.3) is 0 Å². The van der Waals surface area contributed by atoms with Crippen LogP contribution < -0.4 is 9.47 Å². The van der Waals surface area contributed by atoms with Gasteiger partial charge in [-0.3, -0.25) is 4.21 Å². The van der Waals surface area contributed by atoms with Crippen molar-refractivity contribution in [2.75, 3.05) is 12.5 Å². The molecular weight excluding hydrogens is 507 g/mol. The zero-order chi connectivity index (χ0) is 24.0. The molecular formula is C23H24Cl3N2O4S-. The van der Waals surface area contributed by atoms with Crippen molar-refractivity contribution in [1.82, 2.24) is 9.55 Å². The van der Waals surface area contributed by atoms with Crippen LogP contribution in [0.1, 0.15) is 37.1 Å². The van der Waals surface area contributed by atoms with Crippen molar-refractivity contribution in [1.29, 1.82) is 0 Å². The minimum atomic E-state index is -2.17. The van der Waals surface area contributed by atoms with Crippen LogP contribution >= 0.6 is 34.8 Å². The van der Waals surface area contributed by atoms with Gasteiger partial charge in [-0.1, -0.05) is 49.2 Å². The molecule has 178 valence electrons. The summed E-state index contributed by atoms with van der Waals surface area (Å²) in [5, 5.41) is 0.917. The summed E-state index contributed by atoms with van der Waals surface area (Å²) in [5.74, 6) is 1.52. The standard InChI is InChI=1S/C23H25Cl3N2O4S/c1-23(2,17-10-20(25)22(21(26)11-17)31-9-3-8-24)16-4-6-19(7-5-16)32-13-18-12-28(14-27-18)15-33(29)30/h4-7,10-12,14H,3,8-9,13,15H2,1-2H3,(H,29,30)/p-1. The van der Waals surface area contributed by atoms with Gasteiger partial charge in [-0.05, 0) is 52.9 Å². The van der Waals surface area contributed by atoms with E-state index >= 15 is 0 Å². The van der Waals surface area contributed by atoms with Crippen molar-refractivity contribution in [3.8, 4) is 11.5 Å². The number of benzene rings is 2. The van der Waals surface area contributed by atoms with Gasteiger partial charge in [0.2, 0.25) is 0 Å². The number of aromatic nitrogens is 2. The van der Waals surface area contributed by atoms with Gasteiger partial charge in [0, 0.05) is 17.5 Å². The lowest BCUT2D eigenvalue weighted by molar-refractivity contribution is 0.301. The predicted molar refractivity (Wildman–Crippen MR) is 131 cm³/mol. The molecule has 2 aromatic carbocycles. The second kappa shape index (κ2) is 11.6. The molecule has 0 spiro atoms. The molecule has 6 nitrogen and oxygen atoms in total. The SMILES string of the molecule is CC(C)(c1ccc(OCc2cn(CS(=O)[O-])cn2)cc1)c1cc(Cl)c(OCCCCl)c(Cl)c1. The first-order valence-corrected chi connectivity index (χ1v) is 12.7. The Morgan fingerprint density at radius 1 is 1.09 bits per heavy atom. The number of rotatable bonds is 11. The van der Waals surface area contributed by atoms with E-state index in [4.69, 9.17) is 44.3 Å². The van der Waals surface area contributed by atoms with E-state index in [0.29, 0.717) is 46.1 Å². The summed E-state index contributed by atoms with van der Waals surface area (Å²) in [6, 6.07) is 11.5. The van der Waals surface area contributed by atoms with Crippen molar-refractivity contribution in [2.24, 2.45) is 0 Å². The fourth-order valence-corrected chi connectivity index (χ4v) is 4.34. The van der Waals surface area contributed by atoms with Crippen molar-refractivity contribution >= 4 is 45.9 Å². The molecule has 3 rings (SSSR count). The lowest BCUT2D eigenvalue weighted by Gasteiger charge is -2.27. The van der Waals surface area contributed by atoms with Crippen LogP contribution in [0.3, 0.4) is 0 Å². The van der Waals surface area contributed by atoms with E-state index in [2.05, 4.69) is 18.8 Å². The van der Waals surface area contributed by atoms with Gasteiger partial charge in [-0.2, -0.15) is 0 Å². The summed E-state index contributed by atoms with van der Waals surface area (Å²) in [6.07, 6.45) is 3.81. The van der Waals surface area contributed by atoms with Gasteiger partial charge in [-0.25, -0.2) is 4.98 Å². The molecule has 0 bridgehead atoms. The maximum Gasteiger partial charge on any atom is 0.156 e. The van der Waals surface area contributed by atoms with Crippen LogP contribution in [0, 0.1) is 0 Å². The van der Waals surface area contributed by atoms with E-state index in [9.17, 15) is 8.76 Å². The Balaban J connectivity index is 1.69. The quantitative estimate of drug-likeness (QED) is 0.174. The number of ether oxygens (including phenoxy) is 2. The topological polar surface area (TPSA) is 76.4 Å². The summed E-state index contributed by atoms with van der Waals surface area (Å²) in [7, 11) is 0. The molecule has 1 unspecified atom stereocenters. The van der Waals surface area contributed by atoms with Crippen LogP contribution in [-0.2, 0) is 29.0 Å². The highest BCUT2D eigenvalue weighted by Gasteiger charge is 2.25. The zero-order valence-electron chi connectivity index (χ0n) is 18.2. The lowest BCUT2D eigenvalue weighted by atomic mass is 9.78. The molecule has 0 fully saturated rings. The number of imidazole rings is 1.